The molecule has 8 heteroatoms. The molecule has 0 saturated carbocycles. The van der Waals surface area contributed by atoms with Gasteiger partial charge >= 0.3 is 5.97 Å². The molecule has 1 N–H and O–H groups in total. The van der Waals surface area contributed by atoms with E-state index in [1.54, 1.807) is 17.1 Å². The van der Waals surface area contributed by atoms with Gasteiger partial charge in [0.1, 0.15) is 17.6 Å². The summed E-state index contributed by atoms with van der Waals surface area (Å²) >= 11 is 0. The molecule has 206 valence electrons. The van der Waals surface area contributed by atoms with E-state index in [0.29, 0.717) is 32.2 Å². The summed E-state index contributed by atoms with van der Waals surface area (Å²) in [5.41, 5.74) is -1.11. The molecule has 6 atom stereocenters. The molecule has 3 aliphatic rings. The molecule has 3 aliphatic heterocycles. The van der Waals surface area contributed by atoms with Crippen molar-refractivity contribution in [2.75, 3.05) is 19.8 Å². The van der Waals surface area contributed by atoms with E-state index in [1.165, 1.54) is 4.90 Å². The molecular weight excluding hydrogens is 484 g/mol. The van der Waals surface area contributed by atoms with Crippen molar-refractivity contribution in [2.45, 2.75) is 75.8 Å². The number of unbranched alkanes of at least 4 members (excludes halogenated alkanes) is 1. The van der Waals surface area contributed by atoms with Crippen LogP contribution < -0.4 is 0 Å². The van der Waals surface area contributed by atoms with Gasteiger partial charge in [0.05, 0.1) is 30.8 Å². The van der Waals surface area contributed by atoms with Crippen molar-refractivity contribution in [2.24, 2.45) is 11.8 Å². The lowest BCUT2D eigenvalue weighted by Gasteiger charge is -2.39. The number of carbonyl (C=O) groups is 3. The van der Waals surface area contributed by atoms with E-state index in [1.807, 2.05) is 44.2 Å². The molecule has 3 saturated heterocycles. The van der Waals surface area contributed by atoms with E-state index in [4.69, 9.17) is 9.47 Å². The van der Waals surface area contributed by atoms with E-state index in [2.05, 4.69) is 13.2 Å². The first-order valence-corrected chi connectivity index (χ1v) is 13.6. The number of rotatable bonds is 13. The summed E-state index contributed by atoms with van der Waals surface area (Å²) in [4.78, 5) is 45.1. The molecule has 1 spiro atoms. The van der Waals surface area contributed by atoms with Crippen LogP contribution in [-0.2, 0) is 30.4 Å². The van der Waals surface area contributed by atoms with Crippen molar-refractivity contribution in [3.05, 3.63) is 61.2 Å². The largest absolute Gasteiger partial charge is 0.465 e. The number of carbonyl (C=O) groups excluding carboxylic acids is 3. The standard InChI is InChI=1S/C30H40N2O6/c1-5-8-12-18-37-28(36)24-23-26(34)32(22(7-3)20-33)25(30(23)16-15-29(24,4)38-30)27(35)31(17-6-2)19-21-13-10-9-11-14-21/h5-6,9-11,13-14,22-25,33H,1-2,7-8,12,15-20H2,3-4H3/t22-,23-,24+,25?,29-,30?/m0/s1. The minimum absolute atomic E-state index is 0.232. The summed E-state index contributed by atoms with van der Waals surface area (Å²) in [5.74, 6) is -2.70. The van der Waals surface area contributed by atoms with Crippen molar-refractivity contribution in [3.63, 3.8) is 0 Å². The summed E-state index contributed by atoms with van der Waals surface area (Å²) in [7, 11) is 0. The number of nitrogens with zero attached hydrogens (tertiary/aromatic N) is 2. The third-order valence-corrected chi connectivity index (χ3v) is 8.45. The zero-order chi connectivity index (χ0) is 27.5. The fraction of sp³-hybridized carbons (Fsp3) is 0.567. The first-order chi connectivity index (χ1) is 18.3. The van der Waals surface area contributed by atoms with Crippen LogP contribution in [0.3, 0.4) is 0 Å². The molecule has 1 aromatic carbocycles. The lowest BCUT2D eigenvalue weighted by atomic mass is 9.66. The van der Waals surface area contributed by atoms with Crippen LogP contribution in [0.1, 0.15) is 51.5 Å². The number of ether oxygens (including phenoxy) is 2. The first kappa shape index (κ1) is 28.0. The number of esters is 1. The van der Waals surface area contributed by atoms with E-state index < -0.39 is 41.1 Å². The maximum absolute atomic E-state index is 14.4. The van der Waals surface area contributed by atoms with Gasteiger partial charge < -0.3 is 24.4 Å². The molecule has 2 bridgehead atoms. The lowest BCUT2D eigenvalue weighted by molar-refractivity contribution is -0.162. The SMILES string of the molecule is C=CCCCOC(=O)[C@H]1[C@H]2C(=O)N([C@@H](CC)CO)C(C(=O)N(CC=C)Cc3ccccc3)C23CC[C@]1(C)O3. The summed E-state index contributed by atoms with van der Waals surface area (Å²) in [6, 6.07) is 8.11. The number of aliphatic hydroxyl groups is 1. The highest BCUT2D eigenvalue weighted by molar-refractivity contribution is 5.98. The Morgan fingerprint density at radius 1 is 1.26 bits per heavy atom. The summed E-state index contributed by atoms with van der Waals surface area (Å²) < 4.78 is 12.3. The Balaban J connectivity index is 1.72. The second-order valence-corrected chi connectivity index (χ2v) is 10.8. The highest BCUT2D eigenvalue weighted by Crippen LogP contribution is 2.63. The minimum atomic E-state index is -1.16. The van der Waals surface area contributed by atoms with Crippen LogP contribution in [0.2, 0.25) is 0 Å². The van der Waals surface area contributed by atoms with Gasteiger partial charge in [0.15, 0.2) is 0 Å². The Hall–Kier alpha value is -2.97. The Kier molecular flexibility index (Phi) is 8.43. The van der Waals surface area contributed by atoms with Crippen LogP contribution in [0.15, 0.2) is 55.6 Å². The fourth-order valence-corrected chi connectivity index (χ4v) is 6.66. The van der Waals surface area contributed by atoms with Gasteiger partial charge in [-0.05, 0) is 44.6 Å². The average molecular weight is 525 g/mol. The normalized spacial score (nSPS) is 30.1. The molecule has 38 heavy (non-hydrogen) atoms. The van der Waals surface area contributed by atoms with Gasteiger partial charge in [0, 0.05) is 13.1 Å². The Morgan fingerprint density at radius 2 is 2.00 bits per heavy atom. The second-order valence-electron chi connectivity index (χ2n) is 10.8. The Bertz CT molecular complexity index is 1060. The average Bonchev–Trinajstić information content (AvgIpc) is 3.48. The smallest absolute Gasteiger partial charge is 0.312 e. The molecule has 3 fully saturated rings. The van der Waals surface area contributed by atoms with Gasteiger partial charge in [-0.25, -0.2) is 0 Å². The molecule has 2 amide bonds. The third kappa shape index (κ3) is 4.69. The van der Waals surface area contributed by atoms with E-state index in [0.717, 1.165) is 12.0 Å². The topological polar surface area (TPSA) is 96.4 Å². The van der Waals surface area contributed by atoms with Crippen LogP contribution in [0.25, 0.3) is 0 Å². The highest BCUT2D eigenvalue weighted by atomic mass is 16.6. The van der Waals surface area contributed by atoms with E-state index in [9.17, 15) is 19.5 Å². The number of hydrogen-bond acceptors (Lipinski definition) is 6. The van der Waals surface area contributed by atoms with Crippen molar-refractivity contribution in [1.82, 2.24) is 9.80 Å². The number of benzene rings is 1. The predicted octanol–water partition coefficient (Wildman–Crippen LogP) is 3.25. The number of allylic oxidation sites excluding steroid dienone is 1. The number of likely N-dealkylation sites (tertiary alicyclic amines) is 1. The number of aliphatic hydroxyl groups excluding tert-OH is 1. The molecule has 0 radical (unpaired) electrons. The van der Waals surface area contributed by atoms with E-state index >= 15 is 0 Å². The highest BCUT2D eigenvalue weighted by Gasteiger charge is 2.79. The van der Waals surface area contributed by atoms with Gasteiger partial charge in [-0.15, -0.1) is 13.2 Å². The molecular formula is C30H40N2O6. The molecule has 3 heterocycles. The first-order valence-electron chi connectivity index (χ1n) is 13.6. The maximum Gasteiger partial charge on any atom is 0.312 e. The Labute approximate surface area is 225 Å². The second kappa shape index (κ2) is 11.4. The van der Waals surface area contributed by atoms with Gasteiger partial charge in [-0.3, -0.25) is 14.4 Å². The zero-order valence-corrected chi connectivity index (χ0v) is 22.5. The van der Waals surface area contributed by atoms with Crippen molar-refractivity contribution in [1.29, 1.82) is 0 Å². The van der Waals surface area contributed by atoms with Gasteiger partial charge in [0.2, 0.25) is 11.8 Å². The summed E-state index contributed by atoms with van der Waals surface area (Å²) in [6.07, 6.45) is 6.27. The van der Waals surface area contributed by atoms with Crippen LogP contribution >= 0.6 is 0 Å². The molecule has 0 aromatic heterocycles. The third-order valence-electron chi connectivity index (χ3n) is 8.45. The predicted molar refractivity (Wildman–Crippen MR) is 143 cm³/mol. The van der Waals surface area contributed by atoms with Crippen LogP contribution in [-0.4, -0.2) is 75.7 Å². The minimum Gasteiger partial charge on any atom is -0.465 e. The van der Waals surface area contributed by atoms with Gasteiger partial charge in [0.25, 0.3) is 0 Å². The molecule has 4 rings (SSSR count). The van der Waals surface area contributed by atoms with Crippen LogP contribution in [0.5, 0.6) is 0 Å². The summed E-state index contributed by atoms with van der Waals surface area (Å²) in [6.45, 7) is 11.8. The van der Waals surface area contributed by atoms with Crippen molar-refractivity contribution < 1.29 is 29.0 Å². The molecule has 8 nitrogen and oxygen atoms in total. The quantitative estimate of drug-likeness (QED) is 0.242. The number of hydrogen-bond donors (Lipinski definition) is 1. The summed E-state index contributed by atoms with van der Waals surface area (Å²) in [5, 5.41) is 10.2. The number of fused-ring (bicyclic) bond motifs is 1. The molecule has 2 unspecified atom stereocenters. The van der Waals surface area contributed by atoms with Gasteiger partial charge in [-0.1, -0.05) is 49.4 Å². The van der Waals surface area contributed by atoms with Gasteiger partial charge in [-0.2, -0.15) is 0 Å². The lowest BCUT2D eigenvalue weighted by Crippen LogP contribution is -2.58. The van der Waals surface area contributed by atoms with E-state index in [-0.39, 0.29) is 31.6 Å². The van der Waals surface area contributed by atoms with Crippen LogP contribution in [0, 0.1) is 11.8 Å². The fourth-order valence-electron chi connectivity index (χ4n) is 6.66. The number of amides is 2. The zero-order valence-electron chi connectivity index (χ0n) is 22.5. The molecule has 1 aromatic rings. The van der Waals surface area contributed by atoms with Crippen LogP contribution in [0.4, 0.5) is 0 Å². The maximum atomic E-state index is 14.4. The monoisotopic (exact) mass is 524 g/mol. The van der Waals surface area contributed by atoms with Crippen molar-refractivity contribution in [3.8, 4) is 0 Å². The molecule has 0 aliphatic carbocycles. The Morgan fingerprint density at radius 3 is 2.63 bits per heavy atom. The van der Waals surface area contributed by atoms with Crippen molar-refractivity contribution >= 4 is 17.8 Å².